The van der Waals surface area contributed by atoms with E-state index in [9.17, 15) is 13.2 Å². The molecule has 0 bridgehead atoms. The predicted octanol–water partition coefficient (Wildman–Crippen LogP) is 0.156. The quantitative estimate of drug-likeness (QED) is 0.831. The maximum atomic E-state index is 12.6. The highest BCUT2D eigenvalue weighted by molar-refractivity contribution is 7.89. The Balaban J connectivity index is 2.31. The van der Waals surface area contributed by atoms with E-state index in [1.807, 2.05) is 13.8 Å². The van der Waals surface area contributed by atoms with Gasteiger partial charge >= 0.3 is 0 Å². The number of nitrogens with two attached hydrogens (primary N) is 1. The minimum atomic E-state index is -3.55. The molecule has 2 unspecified atom stereocenters. The highest BCUT2D eigenvalue weighted by Gasteiger charge is 2.33. The molecule has 1 saturated heterocycles. The van der Waals surface area contributed by atoms with Gasteiger partial charge in [0.05, 0.1) is 4.90 Å². The van der Waals surface area contributed by atoms with Crippen LogP contribution in [0.3, 0.4) is 0 Å². The molecule has 1 fully saturated rings. The number of hydrogen-bond acceptors (Lipinski definition) is 4. The number of carbonyl (C=O) groups is 1. The van der Waals surface area contributed by atoms with Crippen LogP contribution in [0.4, 0.5) is 0 Å². The molecule has 0 aromatic heterocycles. The molecule has 20 heavy (non-hydrogen) atoms. The number of nitrogens with zero attached hydrogens (tertiary/aromatic N) is 1. The van der Waals surface area contributed by atoms with Crippen molar-refractivity contribution >= 4 is 15.9 Å². The Kier molecular flexibility index (Phi) is 4.12. The van der Waals surface area contributed by atoms with Gasteiger partial charge in [0.1, 0.15) is 0 Å². The van der Waals surface area contributed by atoms with Crippen molar-refractivity contribution in [2.75, 3.05) is 13.1 Å². The Labute approximate surface area is 119 Å². The second kappa shape index (κ2) is 5.51. The first-order valence-corrected chi connectivity index (χ1v) is 7.91. The smallest absolute Gasteiger partial charge is 0.248 e. The number of benzene rings is 1. The van der Waals surface area contributed by atoms with Crippen molar-refractivity contribution < 1.29 is 13.2 Å². The molecule has 1 aromatic rings. The molecule has 6 nitrogen and oxygen atoms in total. The number of primary amides is 1. The summed E-state index contributed by atoms with van der Waals surface area (Å²) < 4.78 is 26.7. The maximum Gasteiger partial charge on any atom is 0.248 e. The van der Waals surface area contributed by atoms with Crippen molar-refractivity contribution in [3.63, 3.8) is 0 Å². The van der Waals surface area contributed by atoms with E-state index < -0.39 is 15.9 Å². The average molecular weight is 297 g/mol. The Hall–Kier alpha value is -1.44. The van der Waals surface area contributed by atoms with Crippen LogP contribution in [0.25, 0.3) is 0 Å². The summed E-state index contributed by atoms with van der Waals surface area (Å²) in [5.41, 5.74) is 5.45. The minimum Gasteiger partial charge on any atom is -0.366 e. The van der Waals surface area contributed by atoms with Gasteiger partial charge in [-0.25, -0.2) is 8.42 Å². The molecule has 7 heteroatoms. The van der Waals surface area contributed by atoms with Gasteiger partial charge in [-0.3, -0.25) is 4.79 Å². The fraction of sp³-hybridized carbons (Fsp3) is 0.462. The lowest BCUT2D eigenvalue weighted by molar-refractivity contribution is 0.1000. The summed E-state index contributed by atoms with van der Waals surface area (Å²) in [4.78, 5) is 11.2. The van der Waals surface area contributed by atoms with Crippen molar-refractivity contribution in [3.8, 4) is 0 Å². The molecule has 0 aliphatic carbocycles. The Morgan fingerprint density at radius 3 is 2.45 bits per heavy atom. The molecule has 1 aliphatic rings. The Morgan fingerprint density at radius 2 is 1.90 bits per heavy atom. The summed E-state index contributed by atoms with van der Waals surface area (Å²) in [5, 5.41) is 3.24. The van der Waals surface area contributed by atoms with Crippen molar-refractivity contribution in [2.45, 2.75) is 30.8 Å². The molecule has 0 radical (unpaired) electrons. The van der Waals surface area contributed by atoms with Gasteiger partial charge in [-0.1, -0.05) is 0 Å². The van der Waals surface area contributed by atoms with Gasteiger partial charge < -0.3 is 11.1 Å². The summed E-state index contributed by atoms with van der Waals surface area (Å²) in [6.45, 7) is 4.87. The molecule has 110 valence electrons. The molecule has 1 amide bonds. The van der Waals surface area contributed by atoms with Crippen LogP contribution in [0.15, 0.2) is 29.2 Å². The molecular formula is C13H19N3O3S. The summed E-state index contributed by atoms with van der Waals surface area (Å²) in [6, 6.07) is 5.73. The first kappa shape index (κ1) is 15.0. The third-order valence-corrected chi connectivity index (χ3v) is 5.45. The molecule has 2 atom stereocenters. The van der Waals surface area contributed by atoms with Crippen LogP contribution in [0.5, 0.6) is 0 Å². The standard InChI is InChI=1S/C13H19N3O3S/c1-9-8-16(10(2)7-15-9)20(18,19)12-5-3-11(4-6-12)13(14)17/h3-6,9-10,15H,7-8H2,1-2H3,(H2,14,17). The van der Waals surface area contributed by atoms with E-state index in [0.29, 0.717) is 18.7 Å². The van der Waals surface area contributed by atoms with Crippen molar-refractivity contribution in [3.05, 3.63) is 29.8 Å². The summed E-state index contributed by atoms with van der Waals surface area (Å²) in [7, 11) is -3.55. The molecule has 3 N–H and O–H groups in total. The van der Waals surface area contributed by atoms with Crippen molar-refractivity contribution in [1.29, 1.82) is 0 Å². The first-order valence-electron chi connectivity index (χ1n) is 6.47. The summed E-state index contributed by atoms with van der Waals surface area (Å²) in [6.07, 6.45) is 0. The molecule has 0 spiro atoms. The highest BCUT2D eigenvalue weighted by atomic mass is 32.2. The van der Waals surface area contributed by atoms with Crippen LogP contribution in [0.1, 0.15) is 24.2 Å². The Morgan fingerprint density at radius 1 is 1.30 bits per heavy atom. The van der Waals surface area contributed by atoms with Gasteiger partial charge in [0.25, 0.3) is 0 Å². The monoisotopic (exact) mass is 297 g/mol. The van der Waals surface area contributed by atoms with E-state index in [2.05, 4.69) is 5.32 Å². The van der Waals surface area contributed by atoms with E-state index in [-0.39, 0.29) is 17.0 Å². The van der Waals surface area contributed by atoms with Gasteiger partial charge in [0, 0.05) is 30.7 Å². The number of piperazine rings is 1. The minimum absolute atomic E-state index is 0.105. The number of amides is 1. The molecular weight excluding hydrogens is 278 g/mol. The van der Waals surface area contributed by atoms with Crippen LogP contribution < -0.4 is 11.1 Å². The second-order valence-electron chi connectivity index (χ2n) is 5.12. The fourth-order valence-corrected chi connectivity index (χ4v) is 3.97. The molecule has 1 aliphatic heterocycles. The number of rotatable bonds is 3. The van der Waals surface area contributed by atoms with Crippen LogP contribution in [0.2, 0.25) is 0 Å². The zero-order chi connectivity index (χ0) is 14.9. The van der Waals surface area contributed by atoms with Crippen LogP contribution >= 0.6 is 0 Å². The van der Waals surface area contributed by atoms with Crippen molar-refractivity contribution in [1.82, 2.24) is 9.62 Å². The lowest BCUT2D eigenvalue weighted by Crippen LogP contribution is -2.56. The van der Waals surface area contributed by atoms with E-state index in [0.717, 1.165) is 0 Å². The highest BCUT2D eigenvalue weighted by Crippen LogP contribution is 2.21. The lowest BCUT2D eigenvalue weighted by atomic mass is 10.2. The number of carbonyl (C=O) groups excluding carboxylic acids is 1. The number of sulfonamides is 1. The van der Waals surface area contributed by atoms with E-state index in [1.54, 1.807) is 0 Å². The first-order chi connectivity index (χ1) is 9.32. The average Bonchev–Trinajstić information content (AvgIpc) is 2.41. The predicted molar refractivity (Wildman–Crippen MR) is 75.8 cm³/mol. The fourth-order valence-electron chi connectivity index (χ4n) is 2.25. The largest absolute Gasteiger partial charge is 0.366 e. The zero-order valence-electron chi connectivity index (χ0n) is 11.5. The summed E-state index contributed by atoms with van der Waals surface area (Å²) in [5.74, 6) is -0.571. The zero-order valence-corrected chi connectivity index (χ0v) is 12.4. The van der Waals surface area contributed by atoms with Crippen LogP contribution in [0, 0.1) is 0 Å². The van der Waals surface area contributed by atoms with Gasteiger partial charge in [0.15, 0.2) is 0 Å². The van der Waals surface area contributed by atoms with Crippen molar-refractivity contribution in [2.24, 2.45) is 5.73 Å². The van der Waals surface area contributed by atoms with Crippen LogP contribution in [-0.4, -0.2) is 43.8 Å². The lowest BCUT2D eigenvalue weighted by Gasteiger charge is -2.36. The van der Waals surface area contributed by atoms with Gasteiger partial charge in [0.2, 0.25) is 15.9 Å². The second-order valence-corrected chi connectivity index (χ2v) is 7.01. The maximum absolute atomic E-state index is 12.6. The molecule has 2 rings (SSSR count). The van der Waals surface area contributed by atoms with Gasteiger partial charge in [-0.05, 0) is 38.1 Å². The summed E-state index contributed by atoms with van der Waals surface area (Å²) >= 11 is 0. The normalized spacial score (nSPS) is 24.5. The Bertz CT molecular complexity index is 598. The topological polar surface area (TPSA) is 92.5 Å². The SMILES string of the molecule is CC1CN(S(=O)(=O)c2ccc(C(N)=O)cc2)C(C)CN1. The third-order valence-electron chi connectivity index (χ3n) is 3.45. The molecule has 1 heterocycles. The van der Waals surface area contributed by atoms with Gasteiger partial charge in [-0.15, -0.1) is 0 Å². The van der Waals surface area contributed by atoms with E-state index >= 15 is 0 Å². The third kappa shape index (κ3) is 2.84. The molecule has 0 saturated carbocycles. The molecule has 1 aromatic carbocycles. The van der Waals surface area contributed by atoms with Gasteiger partial charge in [-0.2, -0.15) is 4.31 Å². The number of hydrogen-bond donors (Lipinski definition) is 2. The number of nitrogens with one attached hydrogen (secondary N) is 1. The van der Waals surface area contributed by atoms with E-state index in [1.165, 1.54) is 28.6 Å². The van der Waals surface area contributed by atoms with Crippen LogP contribution in [-0.2, 0) is 10.0 Å². The van der Waals surface area contributed by atoms with E-state index in [4.69, 9.17) is 5.73 Å².